The van der Waals surface area contributed by atoms with E-state index in [4.69, 9.17) is 14.6 Å². The van der Waals surface area contributed by atoms with Gasteiger partial charge in [-0.3, -0.25) is 4.79 Å². The molecular weight excluding hydrogens is 294 g/mol. The highest BCUT2D eigenvalue weighted by Crippen LogP contribution is 2.31. The molecule has 1 aromatic heterocycles. The Bertz CT molecular complexity index is 657. The van der Waals surface area contributed by atoms with E-state index in [9.17, 15) is 4.79 Å². The van der Waals surface area contributed by atoms with Gasteiger partial charge >= 0.3 is 5.97 Å². The zero-order chi connectivity index (χ0) is 15.4. The Labute approximate surface area is 125 Å². The lowest BCUT2D eigenvalue weighted by Gasteiger charge is -2.07. The number of carboxylic acid groups (broad SMARTS) is 1. The molecule has 0 spiro atoms. The summed E-state index contributed by atoms with van der Waals surface area (Å²) < 4.78 is 12.0. The Hall–Kier alpha value is -2.22. The third kappa shape index (κ3) is 3.46. The Morgan fingerprint density at radius 1 is 1.33 bits per heavy atom. The van der Waals surface area contributed by atoms with Gasteiger partial charge in [0.15, 0.2) is 22.5 Å². The number of aromatic nitrogens is 3. The fraction of sp³-hybridized carbons (Fsp3) is 0.308. The molecule has 2 rings (SSSR count). The molecule has 1 N–H and O–H groups in total. The average Bonchev–Trinajstić information content (AvgIpc) is 2.85. The molecule has 0 atom stereocenters. The molecule has 0 aliphatic carbocycles. The predicted octanol–water partition coefficient (Wildman–Crippen LogP) is 1.68. The monoisotopic (exact) mass is 309 g/mol. The van der Waals surface area contributed by atoms with Gasteiger partial charge in [-0.25, -0.2) is 9.67 Å². The largest absolute Gasteiger partial charge is 0.493 e. The van der Waals surface area contributed by atoms with E-state index in [1.807, 2.05) is 6.07 Å². The van der Waals surface area contributed by atoms with Gasteiger partial charge in [0, 0.05) is 12.6 Å². The van der Waals surface area contributed by atoms with Crippen molar-refractivity contribution in [3.63, 3.8) is 0 Å². The summed E-state index contributed by atoms with van der Waals surface area (Å²) >= 11 is 1.12. The number of rotatable bonds is 6. The number of aryl methyl sites for hydroxylation is 1. The lowest BCUT2D eigenvalue weighted by Crippen LogP contribution is -2.00. The number of hydrogen-bond acceptors (Lipinski definition) is 6. The second-order valence-electron chi connectivity index (χ2n) is 4.09. The molecule has 0 unspecified atom stereocenters. The molecule has 1 aromatic carbocycles. The van der Waals surface area contributed by atoms with Crippen LogP contribution in [0.15, 0.2) is 23.4 Å². The Morgan fingerprint density at radius 2 is 2.05 bits per heavy atom. The van der Waals surface area contributed by atoms with Crippen molar-refractivity contribution in [1.29, 1.82) is 0 Å². The van der Waals surface area contributed by atoms with E-state index in [0.717, 1.165) is 17.3 Å². The van der Waals surface area contributed by atoms with Crippen molar-refractivity contribution >= 4 is 17.7 Å². The van der Waals surface area contributed by atoms with E-state index < -0.39 is 5.97 Å². The van der Waals surface area contributed by atoms with Crippen molar-refractivity contribution in [2.24, 2.45) is 7.05 Å². The summed E-state index contributed by atoms with van der Waals surface area (Å²) in [5, 5.41) is 13.5. The van der Waals surface area contributed by atoms with Crippen molar-refractivity contribution in [3.05, 3.63) is 18.2 Å². The van der Waals surface area contributed by atoms with E-state index in [1.54, 1.807) is 38.1 Å². The summed E-state index contributed by atoms with van der Waals surface area (Å²) in [5.74, 6) is 0.764. The molecular formula is C13H15N3O4S. The fourth-order valence-electron chi connectivity index (χ4n) is 1.72. The molecule has 2 aromatic rings. The molecule has 0 amide bonds. The second-order valence-corrected chi connectivity index (χ2v) is 5.04. The summed E-state index contributed by atoms with van der Waals surface area (Å²) in [6, 6.07) is 5.37. The van der Waals surface area contributed by atoms with Crippen LogP contribution in [0.4, 0.5) is 0 Å². The van der Waals surface area contributed by atoms with E-state index in [1.165, 1.54) is 0 Å². The van der Waals surface area contributed by atoms with Crippen LogP contribution in [0.5, 0.6) is 11.5 Å². The zero-order valence-electron chi connectivity index (χ0n) is 11.9. The topological polar surface area (TPSA) is 86.5 Å². The maximum absolute atomic E-state index is 10.6. The number of thioether (sulfide) groups is 1. The summed E-state index contributed by atoms with van der Waals surface area (Å²) in [7, 11) is 4.85. The van der Waals surface area contributed by atoms with Gasteiger partial charge in [-0.1, -0.05) is 11.8 Å². The maximum Gasteiger partial charge on any atom is 0.313 e. The quantitative estimate of drug-likeness (QED) is 0.812. The first-order valence-electron chi connectivity index (χ1n) is 6.03. The van der Waals surface area contributed by atoms with Crippen LogP contribution >= 0.6 is 11.8 Å². The van der Waals surface area contributed by atoms with E-state index in [2.05, 4.69) is 10.1 Å². The van der Waals surface area contributed by atoms with Gasteiger partial charge in [0.1, 0.15) is 0 Å². The van der Waals surface area contributed by atoms with Gasteiger partial charge in [0.05, 0.1) is 20.0 Å². The molecule has 0 bridgehead atoms. The number of carbonyl (C=O) groups is 1. The SMILES string of the molecule is COc1ccc(-c2nc(SCC(=O)O)n(C)n2)cc1OC. The molecule has 7 nitrogen and oxygen atoms in total. The van der Waals surface area contributed by atoms with Crippen LogP contribution in [0.2, 0.25) is 0 Å². The molecule has 0 radical (unpaired) electrons. The van der Waals surface area contributed by atoms with Gasteiger partial charge in [-0.05, 0) is 18.2 Å². The van der Waals surface area contributed by atoms with Crippen LogP contribution in [0.25, 0.3) is 11.4 Å². The van der Waals surface area contributed by atoms with Crippen LogP contribution in [0.1, 0.15) is 0 Å². The third-order valence-electron chi connectivity index (χ3n) is 2.69. The second kappa shape index (κ2) is 6.49. The maximum atomic E-state index is 10.6. The van der Waals surface area contributed by atoms with Crippen molar-refractivity contribution in [2.45, 2.75) is 5.16 Å². The van der Waals surface area contributed by atoms with Crippen molar-refractivity contribution in [3.8, 4) is 22.9 Å². The smallest absolute Gasteiger partial charge is 0.313 e. The summed E-state index contributed by atoms with van der Waals surface area (Å²) in [6.07, 6.45) is 0. The molecule has 8 heteroatoms. The molecule has 21 heavy (non-hydrogen) atoms. The minimum absolute atomic E-state index is 0.0576. The van der Waals surface area contributed by atoms with Crippen LogP contribution in [0.3, 0.4) is 0 Å². The van der Waals surface area contributed by atoms with Gasteiger partial charge in [0.2, 0.25) is 0 Å². The number of aliphatic carboxylic acids is 1. The lowest BCUT2D eigenvalue weighted by atomic mass is 10.2. The Balaban J connectivity index is 2.30. The number of ether oxygens (including phenoxy) is 2. The summed E-state index contributed by atoms with van der Waals surface area (Å²) in [6.45, 7) is 0. The first-order chi connectivity index (χ1) is 10.0. The van der Waals surface area contributed by atoms with E-state index >= 15 is 0 Å². The lowest BCUT2D eigenvalue weighted by molar-refractivity contribution is -0.133. The number of hydrogen-bond donors (Lipinski definition) is 1. The van der Waals surface area contributed by atoms with Crippen molar-refractivity contribution in [2.75, 3.05) is 20.0 Å². The standard InChI is InChI=1S/C13H15N3O4S/c1-16-13(21-7-11(17)18)14-12(15-16)8-4-5-9(19-2)10(6-8)20-3/h4-6H,7H2,1-3H3,(H,17,18). The number of nitrogens with zero attached hydrogens (tertiary/aromatic N) is 3. The third-order valence-corrected chi connectivity index (χ3v) is 3.69. The van der Waals surface area contributed by atoms with Gasteiger partial charge in [-0.2, -0.15) is 5.10 Å². The van der Waals surface area contributed by atoms with E-state index in [0.29, 0.717) is 22.5 Å². The summed E-state index contributed by atoms with van der Waals surface area (Å²) in [4.78, 5) is 14.9. The molecule has 0 saturated heterocycles. The number of carboxylic acids is 1. The van der Waals surface area contributed by atoms with Crippen LogP contribution < -0.4 is 9.47 Å². The van der Waals surface area contributed by atoms with Crippen LogP contribution in [0, 0.1) is 0 Å². The van der Waals surface area contributed by atoms with E-state index in [-0.39, 0.29) is 5.75 Å². The zero-order valence-corrected chi connectivity index (χ0v) is 12.7. The highest BCUT2D eigenvalue weighted by molar-refractivity contribution is 7.99. The van der Waals surface area contributed by atoms with Gasteiger partial charge < -0.3 is 14.6 Å². The fourth-order valence-corrected chi connectivity index (χ4v) is 2.35. The van der Waals surface area contributed by atoms with Crippen molar-refractivity contribution < 1.29 is 19.4 Å². The van der Waals surface area contributed by atoms with Crippen LogP contribution in [-0.4, -0.2) is 45.8 Å². The normalized spacial score (nSPS) is 10.4. The summed E-state index contributed by atoms with van der Waals surface area (Å²) in [5.41, 5.74) is 0.769. The number of benzene rings is 1. The molecule has 0 aliphatic heterocycles. The van der Waals surface area contributed by atoms with Gasteiger partial charge in [0.25, 0.3) is 0 Å². The minimum Gasteiger partial charge on any atom is -0.493 e. The molecule has 0 aliphatic rings. The number of methoxy groups -OCH3 is 2. The predicted molar refractivity (Wildman–Crippen MR) is 77.9 cm³/mol. The Morgan fingerprint density at radius 3 is 2.67 bits per heavy atom. The Kier molecular flexibility index (Phi) is 4.69. The first-order valence-corrected chi connectivity index (χ1v) is 7.01. The average molecular weight is 309 g/mol. The molecule has 0 saturated carbocycles. The highest BCUT2D eigenvalue weighted by atomic mass is 32.2. The molecule has 112 valence electrons. The molecule has 0 fully saturated rings. The van der Waals surface area contributed by atoms with Crippen molar-refractivity contribution in [1.82, 2.24) is 14.8 Å². The van der Waals surface area contributed by atoms with Crippen LogP contribution in [-0.2, 0) is 11.8 Å². The minimum atomic E-state index is -0.893. The van der Waals surface area contributed by atoms with Gasteiger partial charge in [-0.15, -0.1) is 0 Å². The first kappa shape index (κ1) is 15.2. The highest BCUT2D eigenvalue weighted by Gasteiger charge is 2.13. The molecule has 1 heterocycles.